The van der Waals surface area contributed by atoms with Gasteiger partial charge in [-0.05, 0) is 22.9 Å². The number of tetrazole rings is 1. The average Bonchev–Trinajstić information content (AvgIpc) is 3.47. The van der Waals surface area contributed by atoms with Gasteiger partial charge in [-0.25, -0.2) is 4.98 Å². The number of carbonyl (C=O) groups is 1. The highest BCUT2D eigenvalue weighted by Crippen LogP contribution is 2.21. The van der Waals surface area contributed by atoms with E-state index < -0.39 is 17.8 Å². The third kappa shape index (κ3) is 4.58. The van der Waals surface area contributed by atoms with E-state index in [0.29, 0.717) is 12.2 Å². The van der Waals surface area contributed by atoms with Crippen molar-refractivity contribution in [1.82, 2.24) is 30.2 Å². The van der Waals surface area contributed by atoms with Gasteiger partial charge in [-0.15, -0.1) is 10.2 Å². The van der Waals surface area contributed by atoms with E-state index in [0.717, 1.165) is 11.6 Å². The fourth-order valence-corrected chi connectivity index (χ4v) is 2.83. The molecule has 9 heteroatoms. The minimum absolute atomic E-state index is 0.0721. The van der Waals surface area contributed by atoms with Gasteiger partial charge in [0.05, 0.1) is 6.33 Å². The fourth-order valence-electron chi connectivity index (χ4n) is 2.83. The van der Waals surface area contributed by atoms with Crippen LogP contribution in [-0.2, 0) is 6.42 Å². The quantitative estimate of drug-likeness (QED) is 0.264. The highest BCUT2D eigenvalue weighted by atomic mass is 16.5. The van der Waals surface area contributed by atoms with Crippen molar-refractivity contribution in [2.24, 2.45) is 0 Å². The smallest absolute Gasteiger partial charge is 0.239 e. The number of carbonyl (C=O) groups excluding carboxylic acids is 1. The molecule has 0 amide bonds. The summed E-state index contributed by atoms with van der Waals surface area (Å²) in [6.45, 7) is 0. The van der Waals surface area contributed by atoms with Crippen LogP contribution in [0, 0.1) is 0 Å². The first-order chi connectivity index (χ1) is 14.7. The van der Waals surface area contributed by atoms with Gasteiger partial charge in [-0.2, -0.15) is 5.21 Å². The summed E-state index contributed by atoms with van der Waals surface area (Å²) in [7, 11) is 0. The highest BCUT2D eigenvalue weighted by Gasteiger charge is 2.18. The van der Waals surface area contributed by atoms with E-state index in [-0.39, 0.29) is 11.5 Å². The number of hydrogen-bond donors (Lipinski definition) is 2. The van der Waals surface area contributed by atoms with Gasteiger partial charge in [0.15, 0.2) is 12.0 Å². The molecule has 0 radical (unpaired) electrons. The molecule has 30 heavy (non-hydrogen) atoms. The second kappa shape index (κ2) is 8.82. The number of benzene rings is 2. The molecule has 2 heterocycles. The summed E-state index contributed by atoms with van der Waals surface area (Å²) < 4.78 is 7.88. The number of imidazole rings is 1. The van der Waals surface area contributed by atoms with E-state index in [1.54, 1.807) is 10.8 Å². The first kappa shape index (κ1) is 19.1. The zero-order valence-corrected chi connectivity index (χ0v) is 15.8. The summed E-state index contributed by atoms with van der Waals surface area (Å²) in [6.07, 6.45) is 4.27. The number of nitrogens with zero attached hydrogens (tertiary/aromatic N) is 5. The molecule has 0 bridgehead atoms. The number of aromatic nitrogens is 6. The molecule has 0 saturated carbocycles. The summed E-state index contributed by atoms with van der Waals surface area (Å²) in [5.74, 6) is -0.259. The van der Waals surface area contributed by atoms with Gasteiger partial charge in [0, 0.05) is 18.7 Å². The van der Waals surface area contributed by atoms with E-state index >= 15 is 0 Å². The van der Waals surface area contributed by atoms with E-state index in [9.17, 15) is 9.90 Å². The number of aliphatic hydroxyl groups excluding tert-OH is 1. The number of hydrogen-bond acceptors (Lipinski definition) is 7. The number of H-pyrrole nitrogens is 1. The maximum atomic E-state index is 12.5. The third-order valence-electron chi connectivity index (χ3n) is 4.30. The number of rotatable bonds is 8. The minimum atomic E-state index is -0.491. The zero-order valence-electron chi connectivity index (χ0n) is 15.8. The highest BCUT2D eigenvalue weighted by molar-refractivity contribution is 6.06. The lowest BCUT2D eigenvalue weighted by molar-refractivity contribution is 0.104. The maximum absolute atomic E-state index is 12.5. The Morgan fingerprint density at radius 3 is 2.57 bits per heavy atom. The molecule has 2 N–H and O–H groups in total. The van der Waals surface area contributed by atoms with Gasteiger partial charge in [0.2, 0.25) is 11.6 Å². The molecular weight excluding hydrogens is 384 g/mol. The lowest BCUT2D eigenvalue weighted by Gasteiger charge is -2.20. The average molecular weight is 402 g/mol. The Hall–Kier alpha value is -4.27. The monoisotopic (exact) mass is 402 g/mol. The topological polar surface area (TPSA) is 119 Å². The van der Waals surface area contributed by atoms with Crippen molar-refractivity contribution >= 4 is 11.5 Å². The van der Waals surface area contributed by atoms with E-state index in [1.165, 1.54) is 6.33 Å². The van der Waals surface area contributed by atoms with Crippen LogP contribution in [0.3, 0.4) is 0 Å². The van der Waals surface area contributed by atoms with E-state index in [4.69, 9.17) is 4.74 Å². The summed E-state index contributed by atoms with van der Waals surface area (Å²) in [6, 6.07) is 19.3. The second-order valence-electron chi connectivity index (χ2n) is 6.41. The Morgan fingerprint density at radius 1 is 1.13 bits per heavy atom. The van der Waals surface area contributed by atoms with Crippen molar-refractivity contribution in [3.05, 3.63) is 96.3 Å². The largest absolute Gasteiger partial charge is 0.504 e. The predicted molar refractivity (Wildman–Crippen MR) is 108 cm³/mol. The number of nitrogens with one attached hydrogen (secondary N) is 1. The Labute approximate surface area is 171 Å². The Balaban J connectivity index is 1.57. The first-order valence-corrected chi connectivity index (χ1v) is 9.17. The van der Waals surface area contributed by atoms with Gasteiger partial charge < -0.3 is 14.4 Å². The van der Waals surface area contributed by atoms with Crippen LogP contribution in [0.15, 0.2) is 79.3 Å². The molecule has 0 fully saturated rings. The fraction of sp³-hybridized carbons (Fsp3) is 0.0952. The number of ketones is 1. The predicted octanol–water partition coefficient (Wildman–Crippen LogP) is 3.00. The molecule has 0 spiro atoms. The number of ether oxygens (including phenoxy) is 1. The third-order valence-corrected chi connectivity index (χ3v) is 4.30. The van der Waals surface area contributed by atoms with Crippen LogP contribution in [0.4, 0.5) is 0 Å². The Kier molecular flexibility index (Phi) is 5.61. The summed E-state index contributed by atoms with van der Waals surface area (Å²) >= 11 is 0. The van der Waals surface area contributed by atoms with Crippen molar-refractivity contribution in [2.45, 2.75) is 12.6 Å². The van der Waals surface area contributed by atoms with Crippen LogP contribution in [0.1, 0.15) is 28.1 Å². The molecule has 9 nitrogen and oxygen atoms in total. The summed E-state index contributed by atoms with van der Waals surface area (Å²) in [5, 5.41) is 22.8. The lowest BCUT2D eigenvalue weighted by Crippen LogP contribution is -2.17. The molecule has 4 aromatic rings. The molecule has 150 valence electrons. The van der Waals surface area contributed by atoms with Crippen LogP contribution < -0.4 is 4.74 Å². The Bertz CT molecular complexity index is 1080. The normalized spacial score (nSPS) is 12.5. The van der Waals surface area contributed by atoms with Crippen molar-refractivity contribution in [2.75, 3.05) is 0 Å². The van der Waals surface area contributed by atoms with E-state index in [2.05, 4.69) is 25.6 Å². The van der Waals surface area contributed by atoms with Gasteiger partial charge in [0.1, 0.15) is 11.4 Å². The van der Waals surface area contributed by atoms with Crippen LogP contribution in [0.2, 0.25) is 0 Å². The van der Waals surface area contributed by atoms with E-state index in [1.807, 2.05) is 60.7 Å². The standard InChI is InChI=1S/C21H18N6O3/c28-18(12-19(29)21-23-25-26-24-21)17-13-27(14-22-17)20(11-15-7-3-1-4-8-15)30-16-9-5-2-6-10-16/h1-10,12-14,20,29H,11H2,(H,23,24,25,26). The molecule has 0 aliphatic rings. The van der Waals surface area contributed by atoms with Crippen LogP contribution in [0.25, 0.3) is 5.76 Å². The number of aromatic amines is 1. The van der Waals surface area contributed by atoms with Gasteiger partial charge in [-0.3, -0.25) is 4.79 Å². The van der Waals surface area contributed by atoms with Crippen LogP contribution >= 0.6 is 0 Å². The summed E-state index contributed by atoms with van der Waals surface area (Å²) in [5.41, 5.74) is 1.23. The van der Waals surface area contributed by atoms with Gasteiger partial charge in [-0.1, -0.05) is 48.5 Å². The van der Waals surface area contributed by atoms with Crippen LogP contribution in [0.5, 0.6) is 5.75 Å². The molecule has 0 aliphatic carbocycles. The van der Waals surface area contributed by atoms with Gasteiger partial charge in [0.25, 0.3) is 0 Å². The van der Waals surface area contributed by atoms with Crippen molar-refractivity contribution in [3.63, 3.8) is 0 Å². The molecule has 2 aromatic carbocycles. The zero-order chi connectivity index (χ0) is 20.8. The lowest BCUT2D eigenvalue weighted by atomic mass is 10.1. The van der Waals surface area contributed by atoms with Crippen molar-refractivity contribution in [1.29, 1.82) is 0 Å². The molecule has 2 aromatic heterocycles. The molecule has 0 saturated heterocycles. The number of para-hydroxylation sites is 1. The van der Waals surface area contributed by atoms with Crippen LogP contribution in [-0.4, -0.2) is 41.1 Å². The molecule has 4 rings (SSSR count). The molecular formula is C21H18N6O3. The minimum Gasteiger partial charge on any atom is -0.504 e. The number of aliphatic hydroxyl groups is 1. The maximum Gasteiger partial charge on any atom is 0.239 e. The SMILES string of the molecule is O=C(C=C(O)c1nn[nH]n1)c1cn(C(Cc2ccccc2)Oc2ccccc2)cn1. The van der Waals surface area contributed by atoms with Crippen molar-refractivity contribution in [3.8, 4) is 5.75 Å². The molecule has 0 aliphatic heterocycles. The molecule has 1 atom stereocenters. The van der Waals surface area contributed by atoms with Gasteiger partial charge >= 0.3 is 0 Å². The first-order valence-electron chi connectivity index (χ1n) is 9.17. The number of allylic oxidation sites excluding steroid dienone is 1. The Morgan fingerprint density at radius 2 is 1.87 bits per heavy atom. The molecule has 1 unspecified atom stereocenters. The summed E-state index contributed by atoms with van der Waals surface area (Å²) in [4.78, 5) is 16.6. The van der Waals surface area contributed by atoms with Crippen molar-refractivity contribution < 1.29 is 14.6 Å². The second-order valence-corrected chi connectivity index (χ2v) is 6.41.